The Morgan fingerprint density at radius 2 is 1.00 bits per heavy atom. The Morgan fingerprint density at radius 1 is 0.500 bits per heavy atom. The van der Waals surface area contributed by atoms with Crippen molar-refractivity contribution in [2.45, 2.75) is 7.43 Å². The average molecular weight is 264 g/mol. The fourth-order valence-corrected chi connectivity index (χ4v) is 2.15. The zero-order valence-corrected chi connectivity index (χ0v) is 10.4. The summed E-state index contributed by atoms with van der Waals surface area (Å²) >= 11 is 0. The summed E-state index contributed by atoms with van der Waals surface area (Å²) in [6.45, 7) is 0. The fourth-order valence-electron chi connectivity index (χ4n) is 2.15. The standard InChI is InChI=1S/C18H13F.CH4/c19-18-8-4-7-17(13-18)16-11-9-15(10-12-16)14-5-2-1-3-6-14;/h1-13H;1H4. The molecule has 0 saturated heterocycles. The summed E-state index contributed by atoms with van der Waals surface area (Å²) in [5.41, 5.74) is 4.29. The van der Waals surface area contributed by atoms with Crippen LogP contribution in [0.25, 0.3) is 22.3 Å². The predicted molar refractivity (Wildman–Crippen MR) is 84.0 cm³/mol. The molecule has 0 aliphatic carbocycles. The minimum Gasteiger partial charge on any atom is -0.207 e. The van der Waals surface area contributed by atoms with Crippen molar-refractivity contribution in [3.05, 3.63) is 84.7 Å². The van der Waals surface area contributed by atoms with Gasteiger partial charge in [0.15, 0.2) is 0 Å². The molecule has 0 N–H and O–H groups in total. The molecule has 1 heteroatoms. The minimum atomic E-state index is -0.204. The summed E-state index contributed by atoms with van der Waals surface area (Å²) in [4.78, 5) is 0. The van der Waals surface area contributed by atoms with E-state index < -0.39 is 0 Å². The summed E-state index contributed by atoms with van der Waals surface area (Å²) in [5, 5.41) is 0. The highest BCUT2D eigenvalue weighted by atomic mass is 19.1. The van der Waals surface area contributed by atoms with E-state index in [1.54, 1.807) is 12.1 Å². The molecule has 0 aliphatic heterocycles. The number of halogens is 1. The third-order valence-corrected chi connectivity index (χ3v) is 3.15. The summed E-state index contributed by atoms with van der Waals surface area (Å²) in [5.74, 6) is -0.204. The van der Waals surface area contributed by atoms with Gasteiger partial charge in [-0.2, -0.15) is 0 Å². The SMILES string of the molecule is C.Fc1cccc(-c2ccc(-c3ccccc3)cc2)c1. The van der Waals surface area contributed by atoms with Crippen LogP contribution in [0.1, 0.15) is 7.43 Å². The van der Waals surface area contributed by atoms with Gasteiger partial charge in [0.2, 0.25) is 0 Å². The third kappa shape index (κ3) is 2.94. The van der Waals surface area contributed by atoms with Crippen molar-refractivity contribution in [1.82, 2.24) is 0 Å². The van der Waals surface area contributed by atoms with E-state index in [-0.39, 0.29) is 13.2 Å². The zero-order chi connectivity index (χ0) is 13.1. The predicted octanol–water partition coefficient (Wildman–Crippen LogP) is 5.80. The van der Waals surface area contributed by atoms with Gasteiger partial charge in [0.25, 0.3) is 0 Å². The van der Waals surface area contributed by atoms with Crippen LogP contribution in [0.2, 0.25) is 0 Å². The molecule has 0 spiro atoms. The maximum absolute atomic E-state index is 13.2. The van der Waals surface area contributed by atoms with Gasteiger partial charge in [0.1, 0.15) is 5.82 Å². The lowest BCUT2D eigenvalue weighted by Crippen LogP contribution is -1.81. The quantitative estimate of drug-likeness (QED) is 0.549. The van der Waals surface area contributed by atoms with Gasteiger partial charge in [0.05, 0.1) is 0 Å². The lowest BCUT2D eigenvalue weighted by atomic mass is 10.0. The van der Waals surface area contributed by atoms with Gasteiger partial charge in [-0.3, -0.25) is 0 Å². The number of hydrogen-bond acceptors (Lipinski definition) is 0. The zero-order valence-electron chi connectivity index (χ0n) is 10.4. The highest BCUT2D eigenvalue weighted by Gasteiger charge is 2.00. The molecule has 0 aliphatic rings. The topological polar surface area (TPSA) is 0 Å². The minimum absolute atomic E-state index is 0. The molecule has 0 bridgehead atoms. The summed E-state index contributed by atoms with van der Waals surface area (Å²) in [7, 11) is 0. The van der Waals surface area contributed by atoms with Crippen molar-refractivity contribution >= 4 is 0 Å². The second-order valence-corrected chi connectivity index (χ2v) is 4.45. The van der Waals surface area contributed by atoms with Gasteiger partial charge < -0.3 is 0 Å². The van der Waals surface area contributed by atoms with Crippen LogP contribution in [0.4, 0.5) is 4.39 Å². The first kappa shape index (κ1) is 14.0. The number of benzene rings is 3. The molecule has 0 radical (unpaired) electrons. The van der Waals surface area contributed by atoms with Crippen LogP contribution in [0, 0.1) is 5.82 Å². The Labute approximate surface area is 119 Å². The Kier molecular flexibility index (Phi) is 4.31. The van der Waals surface area contributed by atoms with Gasteiger partial charge in [-0.15, -0.1) is 0 Å². The average Bonchev–Trinajstić information content (AvgIpc) is 2.48. The van der Waals surface area contributed by atoms with E-state index in [9.17, 15) is 4.39 Å². The molecule has 0 nitrogen and oxygen atoms in total. The highest BCUT2D eigenvalue weighted by Crippen LogP contribution is 2.24. The molecule has 3 rings (SSSR count). The molecular formula is C19H17F. The van der Waals surface area contributed by atoms with E-state index in [0.717, 1.165) is 11.1 Å². The molecule has 0 unspecified atom stereocenters. The molecule has 0 aromatic heterocycles. The van der Waals surface area contributed by atoms with E-state index in [4.69, 9.17) is 0 Å². The molecular weight excluding hydrogens is 247 g/mol. The van der Waals surface area contributed by atoms with Gasteiger partial charge >= 0.3 is 0 Å². The molecule has 0 atom stereocenters. The van der Waals surface area contributed by atoms with Crippen molar-refractivity contribution in [3.8, 4) is 22.3 Å². The normalized spacial score (nSPS) is 9.85. The van der Waals surface area contributed by atoms with Crippen LogP contribution in [0.15, 0.2) is 78.9 Å². The van der Waals surface area contributed by atoms with E-state index in [0.29, 0.717) is 0 Å². The van der Waals surface area contributed by atoms with E-state index in [2.05, 4.69) is 24.3 Å². The Balaban J connectivity index is 0.00000147. The second-order valence-electron chi connectivity index (χ2n) is 4.45. The third-order valence-electron chi connectivity index (χ3n) is 3.15. The van der Waals surface area contributed by atoms with Crippen LogP contribution >= 0.6 is 0 Å². The van der Waals surface area contributed by atoms with Gasteiger partial charge in [-0.25, -0.2) is 4.39 Å². The molecule has 3 aromatic carbocycles. The Hall–Kier alpha value is -2.41. The smallest absolute Gasteiger partial charge is 0.123 e. The van der Waals surface area contributed by atoms with Crippen molar-refractivity contribution in [2.24, 2.45) is 0 Å². The van der Waals surface area contributed by atoms with E-state index >= 15 is 0 Å². The van der Waals surface area contributed by atoms with Crippen LogP contribution in [0.5, 0.6) is 0 Å². The van der Waals surface area contributed by atoms with Crippen molar-refractivity contribution in [3.63, 3.8) is 0 Å². The van der Waals surface area contributed by atoms with Crippen LogP contribution < -0.4 is 0 Å². The summed E-state index contributed by atoms with van der Waals surface area (Å²) < 4.78 is 13.2. The van der Waals surface area contributed by atoms with E-state index in [1.165, 1.54) is 17.2 Å². The largest absolute Gasteiger partial charge is 0.207 e. The molecule has 0 saturated carbocycles. The lowest BCUT2D eigenvalue weighted by molar-refractivity contribution is 0.628. The van der Waals surface area contributed by atoms with Crippen LogP contribution in [0.3, 0.4) is 0 Å². The van der Waals surface area contributed by atoms with Crippen LogP contribution in [-0.4, -0.2) is 0 Å². The van der Waals surface area contributed by atoms with Crippen molar-refractivity contribution in [1.29, 1.82) is 0 Å². The van der Waals surface area contributed by atoms with Gasteiger partial charge in [0, 0.05) is 0 Å². The van der Waals surface area contributed by atoms with Gasteiger partial charge in [-0.1, -0.05) is 74.2 Å². The monoisotopic (exact) mass is 264 g/mol. The highest BCUT2D eigenvalue weighted by molar-refractivity contribution is 5.70. The molecule has 0 heterocycles. The fraction of sp³-hybridized carbons (Fsp3) is 0.0526. The molecule has 100 valence electrons. The second kappa shape index (κ2) is 6.16. The first-order valence-electron chi connectivity index (χ1n) is 6.24. The van der Waals surface area contributed by atoms with Crippen LogP contribution in [-0.2, 0) is 0 Å². The summed E-state index contributed by atoms with van der Waals surface area (Å²) in [6, 6.07) is 25.1. The van der Waals surface area contributed by atoms with E-state index in [1.807, 2.05) is 36.4 Å². The summed E-state index contributed by atoms with van der Waals surface area (Å²) in [6.07, 6.45) is 0. The van der Waals surface area contributed by atoms with Crippen molar-refractivity contribution < 1.29 is 4.39 Å². The molecule has 0 amide bonds. The maximum atomic E-state index is 13.2. The lowest BCUT2D eigenvalue weighted by Gasteiger charge is -2.05. The first-order chi connectivity index (χ1) is 9.33. The molecule has 20 heavy (non-hydrogen) atoms. The Bertz CT molecular complexity index is 670. The Morgan fingerprint density at radius 3 is 1.60 bits per heavy atom. The maximum Gasteiger partial charge on any atom is 0.123 e. The molecule has 0 fully saturated rings. The first-order valence-corrected chi connectivity index (χ1v) is 6.24. The molecule has 3 aromatic rings. The van der Waals surface area contributed by atoms with Gasteiger partial charge in [-0.05, 0) is 34.4 Å². The van der Waals surface area contributed by atoms with Crippen molar-refractivity contribution in [2.75, 3.05) is 0 Å². The number of hydrogen-bond donors (Lipinski definition) is 0. The number of rotatable bonds is 2.